The van der Waals surface area contributed by atoms with Crippen LogP contribution in [0, 0.1) is 12.8 Å². The first-order valence-electron chi connectivity index (χ1n) is 7.72. The Hall–Kier alpha value is -2.58. The molecular weight excluding hydrogens is 339 g/mol. The number of alkyl halides is 3. The zero-order valence-corrected chi connectivity index (χ0v) is 13.4. The van der Waals surface area contributed by atoms with Crippen LogP contribution in [-0.4, -0.2) is 40.6 Å². The van der Waals surface area contributed by atoms with E-state index in [0.717, 1.165) is 6.07 Å². The fourth-order valence-corrected chi connectivity index (χ4v) is 2.64. The number of nitrogens with zero attached hydrogens (tertiary/aromatic N) is 3. The highest BCUT2D eigenvalue weighted by molar-refractivity contribution is 5.92. The molecule has 0 saturated carbocycles. The van der Waals surface area contributed by atoms with Gasteiger partial charge < -0.3 is 14.2 Å². The molecule has 1 saturated heterocycles. The summed E-state index contributed by atoms with van der Waals surface area (Å²) < 4.78 is 48.2. The number of carbonyl (C=O) groups is 1. The zero-order chi connectivity index (χ0) is 18.0. The molecular formula is C16H16F3N3O3. The van der Waals surface area contributed by atoms with E-state index in [0.29, 0.717) is 25.3 Å². The molecule has 2 aromatic heterocycles. The Morgan fingerprint density at radius 2 is 2.24 bits per heavy atom. The van der Waals surface area contributed by atoms with Crippen molar-refractivity contribution in [2.75, 3.05) is 19.7 Å². The van der Waals surface area contributed by atoms with E-state index >= 15 is 0 Å². The number of amides is 1. The van der Waals surface area contributed by atoms with E-state index in [2.05, 4.69) is 10.1 Å². The van der Waals surface area contributed by atoms with Crippen molar-refractivity contribution in [1.82, 2.24) is 15.0 Å². The monoisotopic (exact) mass is 355 g/mol. The number of ether oxygens (including phenoxy) is 1. The van der Waals surface area contributed by atoms with Gasteiger partial charge in [0, 0.05) is 31.1 Å². The predicted octanol–water partition coefficient (Wildman–Crippen LogP) is 2.94. The number of aromatic nitrogens is 2. The minimum absolute atomic E-state index is 0.0216. The fourth-order valence-electron chi connectivity index (χ4n) is 2.64. The van der Waals surface area contributed by atoms with Gasteiger partial charge in [-0.1, -0.05) is 11.2 Å². The van der Waals surface area contributed by atoms with E-state index in [9.17, 15) is 18.0 Å². The number of hydrogen-bond donors (Lipinski definition) is 0. The second kappa shape index (κ2) is 6.73. The molecule has 0 spiro atoms. The third-order valence-corrected chi connectivity index (χ3v) is 3.90. The highest BCUT2D eigenvalue weighted by Crippen LogP contribution is 2.29. The fraction of sp³-hybridized carbons (Fsp3) is 0.438. The third kappa shape index (κ3) is 4.09. The third-order valence-electron chi connectivity index (χ3n) is 3.90. The van der Waals surface area contributed by atoms with Gasteiger partial charge >= 0.3 is 6.18 Å². The summed E-state index contributed by atoms with van der Waals surface area (Å²) in [5.41, 5.74) is -0.742. The van der Waals surface area contributed by atoms with Crippen LogP contribution in [0.5, 0.6) is 5.88 Å². The van der Waals surface area contributed by atoms with Crippen LogP contribution >= 0.6 is 0 Å². The molecule has 0 aliphatic carbocycles. The van der Waals surface area contributed by atoms with E-state index < -0.39 is 11.9 Å². The molecule has 1 fully saturated rings. The summed E-state index contributed by atoms with van der Waals surface area (Å²) in [5, 5.41) is 3.70. The van der Waals surface area contributed by atoms with Gasteiger partial charge in [-0.15, -0.1) is 0 Å². The van der Waals surface area contributed by atoms with Gasteiger partial charge in [0.15, 0.2) is 5.69 Å². The maximum atomic E-state index is 12.6. The summed E-state index contributed by atoms with van der Waals surface area (Å²) in [6.45, 7) is 2.88. The number of halogens is 3. The molecule has 0 radical (unpaired) electrons. The summed E-state index contributed by atoms with van der Waals surface area (Å²) in [5.74, 6) is 0.273. The van der Waals surface area contributed by atoms with Crippen LogP contribution in [0.2, 0.25) is 0 Å². The highest BCUT2D eigenvalue weighted by atomic mass is 19.4. The van der Waals surface area contributed by atoms with E-state index in [1.165, 1.54) is 12.1 Å². The van der Waals surface area contributed by atoms with Gasteiger partial charge in [-0.05, 0) is 19.4 Å². The van der Waals surface area contributed by atoms with Gasteiger partial charge in [0.25, 0.3) is 5.91 Å². The zero-order valence-electron chi connectivity index (χ0n) is 13.4. The molecule has 0 bridgehead atoms. The molecule has 25 heavy (non-hydrogen) atoms. The lowest BCUT2D eigenvalue weighted by Crippen LogP contribution is -2.29. The number of aryl methyl sites for hydroxylation is 1. The van der Waals surface area contributed by atoms with Gasteiger partial charge in [0.05, 0.1) is 6.61 Å². The maximum Gasteiger partial charge on any atom is 0.433 e. The van der Waals surface area contributed by atoms with E-state index in [-0.39, 0.29) is 30.0 Å². The molecule has 9 heteroatoms. The smallest absolute Gasteiger partial charge is 0.433 e. The Morgan fingerprint density at radius 1 is 1.44 bits per heavy atom. The molecule has 1 atom stereocenters. The van der Waals surface area contributed by atoms with Crippen molar-refractivity contribution in [2.24, 2.45) is 5.92 Å². The Kier molecular flexibility index (Phi) is 4.65. The average Bonchev–Trinajstić information content (AvgIpc) is 3.21. The van der Waals surface area contributed by atoms with Crippen molar-refractivity contribution >= 4 is 5.91 Å². The lowest BCUT2D eigenvalue weighted by molar-refractivity contribution is -0.141. The van der Waals surface area contributed by atoms with Crippen LogP contribution in [0.1, 0.15) is 28.4 Å². The first-order valence-corrected chi connectivity index (χ1v) is 7.72. The van der Waals surface area contributed by atoms with Crippen LogP contribution in [0.15, 0.2) is 28.8 Å². The standard InChI is InChI=1S/C16H16F3N3O3/c1-10-7-12(21-25-10)15(23)22-6-5-11(8-22)9-24-14-4-2-3-13(20-14)16(17,18)19/h2-4,7,11H,5-6,8-9H2,1H3. The van der Waals surface area contributed by atoms with E-state index in [1.54, 1.807) is 17.9 Å². The van der Waals surface area contributed by atoms with Gasteiger partial charge in [-0.2, -0.15) is 13.2 Å². The number of likely N-dealkylation sites (tertiary alicyclic amines) is 1. The molecule has 3 heterocycles. The highest BCUT2D eigenvalue weighted by Gasteiger charge is 2.33. The van der Waals surface area contributed by atoms with Crippen molar-refractivity contribution in [3.63, 3.8) is 0 Å². The van der Waals surface area contributed by atoms with Crippen LogP contribution < -0.4 is 4.74 Å². The summed E-state index contributed by atoms with van der Waals surface area (Å²) in [7, 11) is 0. The molecule has 3 rings (SSSR count). The number of hydrogen-bond acceptors (Lipinski definition) is 5. The Bertz CT molecular complexity index is 760. The summed E-state index contributed by atoms with van der Waals surface area (Å²) >= 11 is 0. The number of rotatable bonds is 4. The Balaban J connectivity index is 1.54. The van der Waals surface area contributed by atoms with Crippen molar-refractivity contribution in [2.45, 2.75) is 19.5 Å². The second-order valence-corrected chi connectivity index (χ2v) is 5.90. The Morgan fingerprint density at radius 3 is 2.92 bits per heavy atom. The Labute approximate surface area is 141 Å². The second-order valence-electron chi connectivity index (χ2n) is 5.90. The molecule has 1 aliphatic heterocycles. The first-order chi connectivity index (χ1) is 11.8. The molecule has 134 valence electrons. The summed E-state index contributed by atoms with van der Waals surface area (Å²) in [6.07, 6.45) is -3.81. The lowest BCUT2D eigenvalue weighted by Gasteiger charge is -2.15. The molecule has 1 aliphatic rings. The quantitative estimate of drug-likeness (QED) is 0.843. The number of pyridine rings is 1. The minimum Gasteiger partial charge on any atom is -0.477 e. The van der Waals surface area contributed by atoms with Crippen LogP contribution in [0.4, 0.5) is 13.2 Å². The van der Waals surface area contributed by atoms with Crippen molar-refractivity contribution in [3.8, 4) is 5.88 Å². The molecule has 0 N–H and O–H groups in total. The normalized spacial score (nSPS) is 17.8. The van der Waals surface area contributed by atoms with Crippen molar-refractivity contribution < 1.29 is 27.2 Å². The van der Waals surface area contributed by atoms with Gasteiger partial charge in [0.1, 0.15) is 11.5 Å². The minimum atomic E-state index is -4.51. The SMILES string of the molecule is Cc1cc(C(=O)N2CCC(COc3cccc(C(F)(F)F)n3)C2)no1. The molecule has 2 aromatic rings. The lowest BCUT2D eigenvalue weighted by atomic mass is 10.1. The summed E-state index contributed by atoms with van der Waals surface area (Å²) in [4.78, 5) is 17.3. The van der Waals surface area contributed by atoms with Gasteiger partial charge in [0.2, 0.25) is 5.88 Å². The van der Waals surface area contributed by atoms with Crippen molar-refractivity contribution in [3.05, 3.63) is 41.4 Å². The average molecular weight is 355 g/mol. The van der Waals surface area contributed by atoms with Crippen molar-refractivity contribution in [1.29, 1.82) is 0 Å². The van der Waals surface area contributed by atoms with Crippen LogP contribution in [0.3, 0.4) is 0 Å². The van der Waals surface area contributed by atoms with Crippen LogP contribution in [-0.2, 0) is 6.18 Å². The maximum absolute atomic E-state index is 12.6. The largest absolute Gasteiger partial charge is 0.477 e. The molecule has 6 nitrogen and oxygen atoms in total. The van der Waals surface area contributed by atoms with E-state index in [4.69, 9.17) is 9.26 Å². The van der Waals surface area contributed by atoms with Crippen LogP contribution in [0.25, 0.3) is 0 Å². The van der Waals surface area contributed by atoms with Gasteiger partial charge in [-0.25, -0.2) is 4.98 Å². The topological polar surface area (TPSA) is 68.5 Å². The van der Waals surface area contributed by atoms with E-state index in [1.807, 2.05) is 0 Å². The predicted molar refractivity (Wildman–Crippen MR) is 80.0 cm³/mol. The molecule has 1 amide bonds. The van der Waals surface area contributed by atoms with Gasteiger partial charge in [-0.3, -0.25) is 4.79 Å². The molecule has 1 unspecified atom stereocenters. The summed E-state index contributed by atoms with van der Waals surface area (Å²) in [6, 6.07) is 5.09. The molecule has 0 aromatic carbocycles. The number of carbonyl (C=O) groups excluding carboxylic acids is 1. The first kappa shape index (κ1) is 17.2.